The second kappa shape index (κ2) is 14.8. The van der Waals surface area contributed by atoms with Gasteiger partial charge in [-0.15, -0.1) is 0 Å². The Bertz CT molecular complexity index is 2550. The summed E-state index contributed by atoms with van der Waals surface area (Å²) < 4.78 is 68.9. The maximum Gasteiger partial charge on any atom is 0.335 e. The van der Waals surface area contributed by atoms with E-state index in [1.54, 1.807) is 0 Å². The third-order valence-corrected chi connectivity index (χ3v) is 9.73. The van der Waals surface area contributed by atoms with Crippen molar-refractivity contribution in [2.75, 3.05) is 21.5 Å². The first-order valence-electron chi connectivity index (χ1n) is 15.6. The first-order chi connectivity index (χ1) is 26.4. The van der Waals surface area contributed by atoms with E-state index >= 15 is 0 Å². The number of hydrogen-bond donors (Lipinski definition) is 8. The lowest BCUT2D eigenvalue weighted by Gasteiger charge is -2.18. The topological polar surface area (TPSA) is 307 Å². The van der Waals surface area contributed by atoms with Gasteiger partial charge in [-0.05, 0) is 108 Å². The van der Waals surface area contributed by atoms with E-state index < -0.39 is 71.0 Å². The fourth-order valence-electron chi connectivity index (χ4n) is 5.35. The lowest BCUT2D eigenvalue weighted by Crippen LogP contribution is -2.27. The molecule has 0 saturated carbocycles. The van der Waals surface area contributed by atoms with Crippen LogP contribution in [0.3, 0.4) is 0 Å². The number of carbonyl (C=O) groups excluding carboxylic acids is 3. The number of benzene rings is 4. The van der Waals surface area contributed by atoms with E-state index in [0.29, 0.717) is 0 Å². The molecule has 2 amide bonds. The van der Waals surface area contributed by atoms with Crippen LogP contribution in [0.15, 0.2) is 105 Å². The molecule has 8 N–H and O–H groups in total. The lowest BCUT2D eigenvalue weighted by molar-refractivity contribution is 0.0686. The Labute approximate surface area is 315 Å². The van der Waals surface area contributed by atoms with Crippen LogP contribution >= 0.6 is 0 Å². The molecule has 0 fully saturated rings. The third-order valence-electron chi connectivity index (χ3n) is 7.99. The molecule has 0 bridgehead atoms. The molecule has 284 valence electrons. The minimum absolute atomic E-state index is 0.00964. The molecular formula is C35H24N6O13S2. The molecule has 6 rings (SSSR count). The molecule has 2 aliphatic rings. The molecule has 0 spiro atoms. The van der Waals surface area contributed by atoms with Crippen LogP contribution in [-0.4, -0.2) is 77.1 Å². The van der Waals surface area contributed by atoms with E-state index in [-0.39, 0.29) is 56.1 Å². The number of ketones is 2. The first kappa shape index (κ1) is 38.4. The highest BCUT2D eigenvalue weighted by Crippen LogP contribution is 2.30. The van der Waals surface area contributed by atoms with Crippen molar-refractivity contribution in [3.63, 3.8) is 0 Å². The Morgan fingerprint density at radius 2 is 0.857 bits per heavy atom. The zero-order valence-electron chi connectivity index (χ0n) is 27.9. The second-order valence-electron chi connectivity index (χ2n) is 11.7. The summed E-state index contributed by atoms with van der Waals surface area (Å²) in [6.45, 7) is 0. The highest BCUT2D eigenvalue weighted by molar-refractivity contribution is 7.91. The molecule has 0 aliphatic heterocycles. The number of carboxylic acids is 2. The summed E-state index contributed by atoms with van der Waals surface area (Å²) in [6.07, 6.45) is 1.93. The van der Waals surface area contributed by atoms with E-state index in [9.17, 15) is 49.9 Å². The molecule has 4 aromatic carbocycles. The van der Waals surface area contributed by atoms with E-state index in [4.69, 9.17) is 10.2 Å². The molecule has 0 unspecified atom stereocenters. The van der Waals surface area contributed by atoms with Crippen LogP contribution in [0.2, 0.25) is 0 Å². The third kappa shape index (κ3) is 8.24. The number of rotatable bonds is 10. The van der Waals surface area contributed by atoms with Gasteiger partial charge in [-0.2, -0.15) is 27.0 Å². The molecule has 4 aromatic rings. The van der Waals surface area contributed by atoms with Crippen LogP contribution in [0, 0.1) is 0 Å². The Morgan fingerprint density at radius 1 is 0.518 bits per heavy atom. The number of amides is 2. The van der Waals surface area contributed by atoms with Crippen LogP contribution in [0.4, 0.5) is 27.5 Å². The standard InChI is InChI=1S/C35H24N6O13S2/c42-31-25-11-9-23(13-19(25)15-27(55(49,50)51)29(31)40-38-21-5-1-17(2-6-21)33(44)45)36-35(48)37-24-10-12-26-20(14-24)16-28(56(52,53)54)30(32(26)43)41-39-22-7-3-18(4-8-22)34(46)47/h1-16,38-39H,(H,44,45)(H,46,47)(H2,36,37,48)(H,49,50,51)(H,52,53,54)/b40-29-,41-30-. The molecule has 2 aliphatic carbocycles. The Kier molecular flexibility index (Phi) is 10.2. The van der Waals surface area contributed by atoms with Gasteiger partial charge < -0.3 is 20.8 Å². The van der Waals surface area contributed by atoms with Gasteiger partial charge in [0.25, 0.3) is 20.2 Å². The van der Waals surface area contributed by atoms with Gasteiger partial charge >= 0.3 is 18.0 Å². The Balaban J connectivity index is 1.20. The number of hydrogen-bond acceptors (Lipinski definition) is 13. The predicted octanol–water partition coefficient (Wildman–Crippen LogP) is 4.51. The molecule has 21 heteroatoms. The normalized spacial score (nSPS) is 15.2. The van der Waals surface area contributed by atoms with E-state index in [2.05, 4.69) is 31.7 Å². The number of nitrogens with zero attached hydrogens (tertiary/aromatic N) is 2. The smallest absolute Gasteiger partial charge is 0.335 e. The highest BCUT2D eigenvalue weighted by Gasteiger charge is 2.34. The molecule has 0 atom stereocenters. The molecule has 0 heterocycles. The number of carbonyl (C=O) groups is 5. The van der Waals surface area contributed by atoms with Crippen molar-refractivity contribution in [1.29, 1.82) is 0 Å². The van der Waals surface area contributed by atoms with Crippen molar-refractivity contribution in [1.82, 2.24) is 0 Å². The zero-order chi connectivity index (χ0) is 40.5. The number of anilines is 4. The maximum absolute atomic E-state index is 13.3. The van der Waals surface area contributed by atoms with Crippen LogP contribution < -0.4 is 21.5 Å². The second-order valence-corrected chi connectivity index (χ2v) is 14.5. The van der Waals surface area contributed by atoms with Crippen molar-refractivity contribution in [2.24, 2.45) is 10.2 Å². The SMILES string of the molecule is O=C(Nc1ccc2c(c1)C=C(S(=O)(=O)O)/C(=N/Nc1ccc(C(=O)O)cc1)C2=O)Nc1ccc2c(c1)C=C(S(=O)(=O)O)/C(=N/Nc1ccc(C(=O)O)cc1)C2=O. The van der Waals surface area contributed by atoms with Crippen molar-refractivity contribution in [3.05, 3.63) is 128 Å². The van der Waals surface area contributed by atoms with Crippen molar-refractivity contribution >= 4 is 96.1 Å². The fourth-order valence-corrected chi connectivity index (χ4v) is 6.66. The number of Topliss-reactive ketones (excluding diaryl/α,β-unsaturated/α-hetero) is 2. The van der Waals surface area contributed by atoms with Gasteiger partial charge in [-0.3, -0.25) is 29.5 Å². The van der Waals surface area contributed by atoms with Gasteiger partial charge in [0.05, 0.1) is 22.5 Å². The predicted molar refractivity (Wildman–Crippen MR) is 202 cm³/mol. The minimum Gasteiger partial charge on any atom is -0.478 e. The average molecular weight is 801 g/mol. The van der Waals surface area contributed by atoms with Crippen molar-refractivity contribution < 1.29 is 60.1 Å². The monoisotopic (exact) mass is 800 g/mol. The fraction of sp³-hybridized carbons (Fsp3) is 0. The largest absolute Gasteiger partial charge is 0.478 e. The van der Waals surface area contributed by atoms with Crippen molar-refractivity contribution in [2.45, 2.75) is 0 Å². The quantitative estimate of drug-likeness (QED) is 0.0808. The molecular weight excluding hydrogens is 777 g/mol. The number of urea groups is 1. The summed E-state index contributed by atoms with van der Waals surface area (Å²) in [4.78, 5) is 60.1. The first-order valence-corrected chi connectivity index (χ1v) is 18.5. The number of carboxylic acid groups (broad SMARTS) is 2. The summed E-state index contributed by atoms with van der Waals surface area (Å²) in [7, 11) is -10.0. The summed E-state index contributed by atoms with van der Waals surface area (Å²) >= 11 is 0. The highest BCUT2D eigenvalue weighted by atomic mass is 32.2. The molecule has 0 radical (unpaired) electrons. The maximum atomic E-state index is 13.3. The van der Waals surface area contributed by atoms with Crippen molar-refractivity contribution in [3.8, 4) is 0 Å². The number of fused-ring (bicyclic) bond motifs is 2. The van der Waals surface area contributed by atoms with E-state index in [1.165, 1.54) is 84.9 Å². The van der Waals surface area contributed by atoms with E-state index in [0.717, 1.165) is 12.2 Å². The number of nitrogens with one attached hydrogen (secondary N) is 4. The molecule has 0 aromatic heterocycles. The zero-order valence-corrected chi connectivity index (χ0v) is 29.5. The summed E-state index contributed by atoms with van der Waals surface area (Å²) in [5, 5.41) is 30.8. The summed E-state index contributed by atoms with van der Waals surface area (Å²) in [5.74, 6) is -4.17. The van der Waals surface area contributed by atoms with Crippen LogP contribution in [0.5, 0.6) is 0 Å². The molecule has 56 heavy (non-hydrogen) atoms. The van der Waals surface area contributed by atoms with Crippen LogP contribution in [-0.2, 0) is 20.2 Å². The number of hydrazone groups is 2. The van der Waals surface area contributed by atoms with Gasteiger partial charge in [0.2, 0.25) is 11.6 Å². The molecule has 0 saturated heterocycles. The van der Waals surface area contributed by atoms with Gasteiger partial charge in [0, 0.05) is 22.5 Å². The lowest BCUT2D eigenvalue weighted by atomic mass is 9.94. The van der Waals surface area contributed by atoms with E-state index in [1.807, 2.05) is 0 Å². The Morgan fingerprint density at radius 3 is 1.18 bits per heavy atom. The Hall–Kier alpha value is -7.33. The number of aromatic carboxylic acids is 2. The van der Waals surface area contributed by atoms with Gasteiger partial charge in [0.15, 0.2) is 11.4 Å². The van der Waals surface area contributed by atoms with Crippen LogP contribution in [0.1, 0.15) is 52.6 Å². The average Bonchev–Trinajstić information content (AvgIpc) is 3.13. The summed E-state index contributed by atoms with van der Waals surface area (Å²) in [5.41, 5.74) is 3.94. The van der Waals surface area contributed by atoms with Gasteiger partial charge in [-0.1, -0.05) is 0 Å². The summed E-state index contributed by atoms with van der Waals surface area (Å²) in [6, 6.07) is 17.1. The number of allylic oxidation sites excluding steroid dienone is 2. The van der Waals surface area contributed by atoms with Crippen LogP contribution in [0.25, 0.3) is 12.2 Å². The van der Waals surface area contributed by atoms with Gasteiger partial charge in [-0.25, -0.2) is 14.4 Å². The van der Waals surface area contributed by atoms with Gasteiger partial charge in [0.1, 0.15) is 9.81 Å². The molecule has 19 nitrogen and oxygen atoms in total. The minimum atomic E-state index is -5.02.